The quantitative estimate of drug-likeness (QED) is 0.268. The topological polar surface area (TPSA) is 179 Å². The Bertz CT molecular complexity index is 414. The number of ether oxygens (including phenoxy) is 5. The van der Waals surface area contributed by atoms with Crippen LogP contribution in [0.1, 0.15) is 0 Å². The Balaban J connectivity index is 2.13. The maximum Gasteiger partial charge on any atom is 0.176 e. The molecule has 0 saturated carbocycles. The van der Waals surface area contributed by atoms with E-state index in [2.05, 4.69) is 0 Å². The minimum atomic E-state index is -1.24. The molecule has 2 aliphatic heterocycles. The summed E-state index contributed by atoms with van der Waals surface area (Å²) in [5.74, 6) is 0. The highest BCUT2D eigenvalue weighted by atomic mass is 16.7. The van der Waals surface area contributed by atoms with E-state index in [-0.39, 0.29) is 0 Å². The summed E-state index contributed by atoms with van der Waals surface area (Å²) >= 11 is 0. The zero-order valence-corrected chi connectivity index (χ0v) is 14.2. The second kappa shape index (κ2) is 8.97. The summed E-state index contributed by atoms with van der Waals surface area (Å²) in [6, 6.07) is -1.95. The fraction of sp³-hybridized carbons (Fsp3) is 1.00. The van der Waals surface area contributed by atoms with E-state index in [1.165, 1.54) is 14.2 Å². The molecule has 0 aromatic carbocycles. The van der Waals surface area contributed by atoms with Crippen LogP contribution in [0.15, 0.2) is 0 Å². The molecule has 2 heterocycles. The molecule has 0 radical (unpaired) electrons. The van der Waals surface area contributed by atoms with E-state index in [1.807, 2.05) is 0 Å². The van der Waals surface area contributed by atoms with Crippen molar-refractivity contribution >= 4 is 0 Å². The second-order valence-electron chi connectivity index (χ2n) is 6.12. The summed E-state index contributed by atoms with van der Waals surface area (Å²) in [6.45, 7) is -0.899. The van der Waals surface area contributed by atoms with Crippen LogP contribution >= 0.6 is 0 Å². The molecule has 0 aliphatic carbocycles. The highest BCUT2D eigenvalue weighted by molar-refractivity contribution is 4.96. The predicted molar refractivity (Wildman–Crippen MR) is 82.1 cm³/mol. The van der Waals surface area contributed by atoms with Crippen LogP contribution in [0.5, 0.6) is 0 Å². The van der Waals surface area contributed by atoms with Gasteiger partial charge in [-0.2, -0.15) is 0 Å². The number of rotatable bonds is 6. The summed E-state index contributed by atoms with van der Waals surface area (Å²) in [5, 5.41) is 39.6. The molecule has 2 aliphatic rings. The van der Waals surface area contributed by atoms with E-state index >= 15 is 0 Å². The van der Waals surface area contributed by atoms with Gasteiger partial charge in [0.05, 0.1) is 25.3 Å². The molecule has 0 aromatic heterocycles. The van der Waals surface area contributed by atoms with Gasteiger partial charge in [-0.15, -0.1) is 0 Å². The molecule has 148 valence electrons. The monoisotopic (exact) mass is 368 g/mol. The number of methoxy groups -OCH3 is 2. The van der Waals surface area contributed by atoms with E-state index in [0.29, 0.717) is 0 Å². The lowest BCUT2D eigenvalue weighted by Crippen LogP contribution is -2.67. The average Bonchev–Trinajstić information content (AvgIpc) is 2.62. The zero-order valence-electron chi connectivity index (χ0n) is 14.2. The first kappa shape index (κ1) is 20.9. The Morgan fingerprint density at radius 3 is 1.80 bits per heavy atom. The molecule has 11 nitrogen and oxygen atoms in total. The molecule has 0 aromatic rings. The molecule has 2 rings (SSSR count). The first-order valence-corrected chi connectivity index (χ1v) is 8.00. The maximum absolute atomic E-state index is 10.4. The predicted octanol–water partition coefficient (Wildman–Crippen LogP) is -4.16. The fourth-order valence-electron chi connectivity index (χ4n) is 3.12. The van der Waals surface area contributed by atoms with E-state index in [0.717, 1.165) is 0 Å². The summed E-state index contributed by atoms with van der Waals surface area (Å²) < 4.78 is 26.8. The van der Waals surface area contributed by atoms with Crippen LogP contribution in [0, 0.1) is 0 Å². The van der Waals surface area contributed by atoms with Crippen LogP contribution in [0.4, 0.5) is 0 Å². The SMILES string of the molecule is COC1OC(CO)C(OC2OC(CO)C(OC)C(O)C2N)C(O)C1N. The maximum atomic E-state index is 10.4. The summed E-state index contributed by atoms with van der Waals surface area (Å²) in [5.41, 5.74) is 11.8. The van der Waals surface area contributed by atoms with Crippen LogP contribution in [0.25, 0.3) is 0 Å². The Labute approximate surface area is 145 Å². The Morgan fingerprint density at radius 2 is 1.28 bits per heavy atom. The van der Waals surface area contributed by atoms with Gasteiger partial charge in [0.2, 0.25) is 0 Å². The highest BCUT2D eigenvalue weighted by Gasteiger charge is 2.49. The minimum absolute atomic E-state index is 0.430. The van der Waals surface area contributed by atoms with Crippen LogP contribution in [0.3, 0.4) is 0 Å². The van der Waals surface area contributed by atoms with Crippen molar-refractivity contribution < 1.29 is 44.1 Å². The van der Waals surface area contributed by atoms with Gasteiger partial charge in [0.1, 0.15) is 36.6 Å². The van der Waals surface area contributed by atoms with Crippen LogP contribution in [-0.2, 0) is 23.7 Å². The molecule has 11 heteroatoms. The number of nitrogens with two attached hydrogens (primary N) is 2. The largest absolute Gasteiger partial charge is 0.394 e. The smallest absolute Gasteiger partial charge is 0.176 e. The molecular weight excluding hydrogens is 340 g/mol. The molecule has 2 fully saturated rings. The normalized spacial score (nSPS) is 48.5. The standard InChI is InChI=1S/C14H28N2O9/c1-21-11-5(3-17)24-14(8(16)9(11)19)25-12-6(4-18)23-13(22-2)7(15)10(12)20/h5-14,17-20H,3-4,15-16H2,1-2H3. The van der Waals surface area contributed by atoms with E-state index in [9.17, 15) is 20.4 Å². The third kappa shape index (κ3) is 4.12. The summed E-state index contributed by atoms with van der Waals surface area (Å²) in [4.78, 5) is 0. The third-order valence-electron chi connectivity index (χ3n) is 4.60. The minimum Gasteiger partial charge on any atom is -0.394 e. The van der Waals surface area contributed by atoms with Gasteiger partial charge in [-0.3, -0.25) is 0 Å². The number of hydrogen-bond acceptors (Lipinski definition) is 11. The van der Waals surface area contributed by atoms with E-state index in [1.54, 1.807) is 0 Å². The van der Waals surface area contributed by atoms with Gasteiger partial charge in [-0.05, 0) is 0 Å². The molecule has 10 atom stereocenters. The van der Waals surface area contributed by atoms with Crippen molar-refractivity contribution in [1.29, 1.82) is 0 Å². The van der Waals surface area contributed by atoms with Crippen molar-refractivity contribution in [2.45, 2.75) is 61.3 Å². The van der Waals surface area contributed by atoms with E-state index in [4.69, 9.17) is 35.2 Å². The molecule has 10 unspecified atom stereocenters. The molecular formula is C14H28N2O9. The number of hydrogen-bond donors (Lipinski definition) is 6. The zero-order chi connectivity index (χ0) is 18.7. The van der Waals surface area contributed by atoms with Crippen molar-refractivity contribution in [3.8, 4) is 0 Å². The Hall–Kier alpha value is -0.440. The Kier molecular flexibility index (Phi) is 7.49. The van der Waals surface area contributed by atoms with Gasteiger partial charge < -0.3 is 55.6 Å². The first-order chi connectivity index (χ1) is 11.9. The van der Waals surface area contributed by atoms with Crippen LogP contribution in [-0.4, -0.2) is 109 Å². The fourth-order valence-corrected chi connectivity index (χ4v) is 3.12. The molecule has 8 N–H and O–H groups in total. The molecule has 0 spiro atoms. The lowest BCUT2D eigenvalue weighted by molar-refractivity contribution is -0.327. The number of aliphatic hydroxyl groups excluding tert-OH is 4. The lowest BCUT2D eigenvalue weighted by Gasteiger charge is -2.47. The summed E-state index contributed by atoms with van der Waals surface area (Å²) in [7, 11) is 2.72. The van der Waals surface area contributed by atoms with Gasteiger partial charge in [-0.1, -0.05) is 0 Å². The van der Waals surface area contributed by atoms with Crippen LogP contribution < -0.4 is 11.5 Å². The first-order valence-electron chi connectivity index (χ1n) is 8.00. The second-order valence-corrected chi connectivity index (χ2v) is 6.12. The van der Waals surface area contributed by atoms with Gasteiger partial charge in [0.15, 0.2) is 12.6 Å². The van der Waals surface area contributed by atoms with Gasteiger partial charge >= 0.3 is 0 Å². The van der Waals surface area contributed by atoms with Gasteiger partial charge in [0.25, 0.3) is 0 Å². The van der Waals surface area contributed by atoms with E-state index < -0.39 is 74.5 Å². The van der Waals surface area contributed by atoms with Crippen LogP contribution in [0.2, 0.25) is 0 Å². The lowest BCUT2D eigenvalue weighted by atomic mass is 9.95. The van der Waals surface area contributed by atoms with Gasteiger partial charge in [0, 0.05) is 14.2 Å². The molecule has 25 heavy (non-hydrogen) atoms. The molecule has 0 amide bonds. The van der Waals surface area contributed by atoms with Gasteiger partial charge in [-0.25, -0.2) is 0 Å². The Morgan fingerprint density at radius 1 is 0.800 bits per heavy atom. The van der Waals surface area contributed by atoms with Crippen molar-refractivity contribution in [3.63, 3.8) is 0 Å². The van der Waals surface area contributed by atoms with Crippen molar-refractivity contribution in [3.05, 3.63) is 0 Å². The average molecular weight is 368 g/mol. The van der Waals surface area contributed by atoms with Crippen molar-refractivity contribution in [2.75, 3.05) is 27.4 Å². The van der Waals surface area contributed by atoms with Crippen molar-refractivity contribution in [1.82, 2.24) is 0 Å². The number of aliphatic hydroxyl groups is 4. The third-order valence-corrected chi connectivity index (χ3v) is 4.60. The summed E-state index contributed by atoms with van der Waals surface area (Å²) in [6.07, 6.45) is -8.23. The van der Waals surface area contributed by atoms with Crippen molar-refractivity contribution in [2.24, 2.45) is 11.5 Å². The molecule has 2 saturated heterocycles. The highest BCUT2D eigenvalue weighted by Crippen LogP contribution is 2.28. The molecule has 0 bridgehead atoms.